The van der Waals surface area contributed by atoms with Crippen molar-refractivity contribution in [1.29, 1.82) is 0 Å². The third-order valence-corrected chi connectivity index (χ3v) is 3.50. The minimum Gasteiger partial charge on any atom is -0.340 e. The molecule has 1 saturated heterocycles. The average molecular weight is 363 g/mol. The van der Waals surface area contributed by atoms with Crippen LogP contribution in [0.25, 0.3) is 0 Å². The average Bonchev–Trinajstić information content (AvgIpc) is 2.98. The Bertz CT molecular complexity index is 530. The Morgan fingerprint density at radius 2 is 1.95 bits per heavy atom. The number of hydrogen-bond acceptors (Lipinski definition) is 6. The molecule has 0 aromatic carbocycles. The summed E-state index contributed by atoms with van der Waals surface area (Å²) in [6.07, 6.45) is 3.04. The first-order chi connectivity index (χ1) is 10.0. The number of carbonyl (C=O) groups is 1. The Balaban J connectivity index is 2.30. The maximum absolute atomic E-state index is 12.6. The van der Waals surface area contributed by atoms with Crippen molar-refractivity contribution in [2.24, 2.45) is 0 Å². The van der Waals surface area contributed by atoms with Crippen molar-refractivity contribution in [2.75, 3.05) is 26.2 Å². The number of H-pyrrole nitrogens is 1. The van der Waals surface area contributed by atoms with Gasteiger partial charge in [0.05, 0.1) is 0 Å². The molecule has 2 rings (SSSR count). The van der Waals surface area contributed by atoms with Crippen LogP contribution < -0.4 is 5.32 Å². The zero-order chi connectivity index (χ0) is 15.4. The van der Waals surface area contributed by atoms with Crippen LogP contribution in [-0.2, 0) is 0 Å². The molecule has 2 heterocycles. The van der Waals surface area contributed by atoms with Crippen LogP contribution in [0, 0.1) is 0 Å². The second-order valence-corrected chi connectivity index (χ2v) is 6.34. The lowest BCUT2D eigenvalue weighted by molar-refractivity contribution is -0.0643. The van der Waals surface area contributed by atoms with E-state index in [0.29, 0.717) is 13.1 Å². The number of amides is 1. The molecule has 0 saturated carbocycles. The predicted molar refractivity (Wildman–Crippen MR) is 94.2 cm³/mol. The van der Waals surface area contributed by atoms with Crippen LogP contribution in [0.5, 0.6) is 0 Å². The van der Waals surface area contributed by atoms with E-state index in [0.717, 1.165) is 13.1 Å². The molecule has 114 valence electrons. The number of imidazole rings is 1. The van der Waals surface area contributed by atoms with Gasteiger partial charge in [0, 0.05) is 38.6 Å². The van der Waals surface area contributed by atoms with E-state index in [-0.39, 0.29) is 14.5 Å². The molecule has 2 N–H and O–H groups in total. The van der Waals surface area contributed by atoms with E-state index >= 15 is 0 Å². The predicted octanol–water partition coefficient (Wildman–Crippen LogP) is 0.319. The largest absolute Gasteiger partial charge is 0.340 e. The summed E-state index contributed by atoms with van der Waals surface area (Å²) in [5.74, 6) is -0.300. The Kier molecular flexibility index (Phi) is 5.96. The smallest absolute Gasteiger partial charge is 0.315 e. The maximum Gasteiger partial charge on any atom is 0.315 e. The van der Waals surface area contributed by atoms with Crippen LogP contribution in [0.4, 0.5) is 0 Å². The van der Waals surface area contributed by atoms with Crippen LogP contribution in [0.15, 0.2) is 12.4 Å². The van der Waals surface area contributed by atoms with Crippen molar-refractivity contribution in [3.05, 3.63) is 18.2 Å². The number of piperazine rings is 1. The quantitative estimate of drug-likeness (QED) is 0.343. The fourth-order valence-corrected chi connectivity index (χ4v) is 2.66. The van der Waals surface area contributed by atoms with Gasteiger partial charge in [-0.1, -0.05) is 12.2 Å². The van der Waals surface area contributed by atoms with Gasteiger partial charge in [-0.25, -0.2) is 4.98 Å². The van der Waals surface area contributed by atoms with Gasteiger partial charge in [-0.05, 0) is 12.2 Å². The molecule has 0 spiro atoms. The van der Waals surface area contributed by atoms with Crippen LogP contribution in [0.2, 0.25) is 0 Å². The van der Waals surface area contributed by atoms with Gasteiger partial charge in [0.25, 0.3) is 0 Å². The third-order valence-electron chi connectivity index (χ3n) is 2.80. The molecule has 1 aliphatic rings. The second kappa shape index (κ2) is 7.51. The first-order valence-electron chi connectivity index (χ1n) is 6.07. The highest BCUT2D eigenvalue weighted by molar-refractivity contribution is 8.11. The number of aromatic nitrogens is 2. The summed E-state index contributed by atoms with van der Waals surface area (Å²) in [6.45, 7) is 2.88. The van der Waals surface area contributed by atoms with Gasteiger partial charge in [0.2, 0.25) is 0 Å². The summed E-state index contributed by atoms with van der Waals surface area (Å²) in [6, 6.07) is 0. The lowest BCUT2D eigenvalue weighted by Crippen LogP contribution is -2.61. The Morgan fingerprint density at radius 3 is 2.43 bits per heavy atom. The molecule has 0 bridgehead atoms. The lowest BCUT2D eigenvalue weighted by Gasteiger charge is -2.42. The Hall–Kier alpha value is -0.720. The molecule has 11 heteroatoms. The summed E-state index contributed by atoms with van der Waals surface area (Å²) < 4.78 is 0.263. The number of hydrazine groups is 2. The third kappa shape index (κ3) is 3.93. The zero-order valence-corrected chi connectivity index (χ0v) is 14.3. The molecule has 21 heavy (non-hydrogen) atoms. The fourth-order valence-electron chi connectivity index (χ4n) is 1.91. The minimum absolute atomic E-state index is 0.0614. The molecule has 1 fully saturated rings. The van der Waals surface area contributed by atoms with Gasteiger partial charge >= 0.3 is 5.91 Å². The Morgan fingerprint density at radius 1 is 1.29 bits per heavy atom. The molecule has 7 nitrogen and oxygen atoms in total. The molecule has 0 unspecified atom stereocenters. The molecule has 1 aliphatic heterocycles. The van der Waals surface area contributed by atoms with E-state index in [1.165, 1.54) is 16.3 Å². The topological polar surface area (TPSA) is 67.5 Å². The number of aromatic amines is 1. The van der Waals surface area contributed by atoms with E-state index < -0.39 is 5.91 Å². The first-order valence-corrected chi connectivity index (χ1v) is 7.78. The summed E-state index contributed by atoms with van der Waals surface area (Å²) in [5, 5.41) is 7.74. The molecular formula is C10H14N6OS4. The van der Waals surface area contributed by atoms with Gasteiger partial charge in [0.15, 0.2) is 14.5 Å². The van der Waals surface area contributed by atoms with Crippen LogP contribution in [0.3, 0.4) is 0 Å². The number of nitrogens with zero attached hydrogens (tertiary/aromatic N) is 4. The van der Waals surface area contributed by atoms with Crippen molar-refractivity contribution in [2.45, 2.75) is 0 Å². The van der Waals surface area contributed by atoms with Crippen molar-refractivity contribution in [1.82, 2.24) is 30.4 Å². The SMILES string of the molecule is O=C(c1ncc[nH]1)N(C(=S)S)N(C(=S)S)N1CCNCC1. The summed E-state index contributed by atoms with van der Waals surface area (Å²) >= 11 is 18.6. The van der Waals surface area contributed by atoms with Gasteiger partial charge in [-0.3, -0.25) is 4.79 Å². The summed E-state index contributed by atoms with van der Waals surface area (Å²) in [7, 11) is 0. The number of hydrogen-bond donors (Lipinski definition) is 4. The summed E-state index contributed by atoms with van der Waals surface area (Å²) in [5.41, 5.74) is 0. The molecule has 0 radical (unpaired) electrons. The van der Waals surface area contributed by atoms with E-state index in [9.17, 15) is 4.79 Å². The van der Waals surface area contributed by atoms with Crippen molar-refractivity contribution >= 4 is 64.2 Å². The molecule has 0 aliphatic carbocycles. The molecule has 1 amide bonds. The molecule has 0 atom stereocenters. The van der Waals surface area contributed by atoms with E-state index in [1.54, 1.807) is 6.20 Å². The number of thiol groups is 2. The van der Waals surface area contributed by atoms with Gasteiger partial charge in [0.1, 0.15) is 0 Å². The number of rotatable bonds is 2. The molecule has 1 aromatic rings. The van der Waals surface area contributed by atoms with Gasteiger partial charge in [-0.15, -0.1) is 25.3 Å². The second-order valence-electron chi connectivity index (χ2n) is 4.11. The van der Waals surface area contributed by atoms with Crippen LogP contribution in [0.1, 0.15) is 10.6 Å². The minimum atomic E-state index is -0.449. The van der Waals surface area contributed by atoms with E-state index in [4.69, 9.17) is 24.4 Å². The zero-order valence-electron chi connectivity index (χ0n) is 10.9. The van der Waals surface area contributed by atoms with Crippen molar-refractivity contribution in [3.63, 3.8) is 0 Å². The first kappa shape index (κ1) is 16.6. The number of carbonyl (C=O) groups excluding carboxylic acids is 1. The number of nitrogens with one attached hydrogen (secondary N) is 2. The number of thiocarbonyl (C=S) groups is 2. The highest BCUT2D eigenvalue weighted by Gasteiger charge is 2.32. The standard InChI is InChI=1S/C10H14N6OS4/c17-8(7-12-1-2-13-7)15(9(18)19)16(10(20)21)14-5-3-11-4-6-14/h1-2,11H,3-6H2,(H,12,13)(H,18,19)(H,20,21). The lowest BCUT2D eigenvalue weighted by atomic mass is 10.4. The Labute approximate surface area is 143 Å². The highest BCUT2D eigenvalue weighted by Crippen LogP contribution is 2.15. The highest BCUT2D eigenvalue weighted by atomic mass is 32.1. The summed E-state index contributed by atoms with van der Waals surface area (Å²) in [4.78, 5) is 19.2. The van der Waals surface area contributed by atoms with Crippen LogP contribution in [-0.4, -0.2) is 65.8 Å². The van der Waals surface area contributed by atoms with Crippen molar-refractivity contribution < 1.29 is 4.79 Å². The molecular weight excluding hydrogens is 348 g/mol. The van der Waals surface area contributed by atoms with Gasteiger partial charge in [-0.2, -0.15) is 15.1 Å². The van der Waals surface area contributed by atoms with E-state index in [1.807, 2.05) is 5.01 Å². The normalized spacial score (nSPS) is 15.5. The van der Waals surface area contributed by atoms with Gasteiger partial charge < -0.3 is 10.3 Å². The van der Waals surface area contributed by atoms with Crippen LogP contribution >= 0.6 is 49.7 Å². The maximum atomic E-state index is 12.6. The van der Waals surface area contributed by atoms with Crippen molar-refractivity contribution in [3.8, 4) is 0 Å². The monoisotopic (exact) mass is 362 g/mol. The van der Waals surface area contributed by atoms with E-state index in [2.05, 4.69) is 40.5 Å². The molecule has 1 aromatic heterocycles. The fraction of sp³-hybridized carbons (Fsp3) is 0.400.